The van der Waals surface area contributed by atoms with Gasteiger partial charge < -0.3 is 10.2 Å². The fraction of sp³-hybridized carbons (Fsp3) is 0.500. The Labute approximate surface area is 205 Å². The number of nitrogens with zero attached hydrogens (tertiary/aromatic N) is 3. The van der Waals surface area contributed by atoms with Gasteiger partial charge in [-0.05, 0) is 49.2 Å². The van der Waals surface area contributed by atoms with Gasteiger partial charge in [0, 0.05) is 25.3 Å². The van der Waals surface area contributed by atoms with E-state index in [-0.39, 0.29) is 46.4 Å². The molecule has 0 saturated carbocycles. The summed E-state index contributed by atoms with van der Waals surface area (Å²) < 4.78 is 42.8. The molecule has 0 unspecified atom stereocenters. The molecule has 31 heavy (non-hydrogen) atoms. The fourth-order valence-electron chi connectivity index (χ4n) is 3.10. The molecule has 0 fully saturated rings. The number of rotatable bonds is 7. The van der Waals surface area contributed by atoms with Crippen molar-refractivity contribution >= 4 is 51.3 Å². The number of anilines is 1. The first-order valence-electron chi connectivity index (χ1n) is 9.66. The number of carbonyl (C=O) groups excluding carboxylic acids is 1. The minimum atomic E-state index is -4.18. The van der Waals surface area contributed by atoms with Crippen LogP contribution in [0.1, 0.15) is 56.4 Å². The van der Waals surface area contributed by atoms with Crippen molar-refractivity contribution < 1.29 is 17.6 Å². The molecule has 0 radical (unpaired) electrons. The van der Waals surface area contributed by atoms with E-state index in [1.54, 1.807) is 7.05 Å². The van der Waals surface area contributed by atoms with E-state index >= 15 is 0 Å². The van der Waals surface area contributed by atoms with Crippen LogP contribution in [0, 0.1) is 5.82 Å². The molecule has 0 atom stereocenters. The van der Waals surface area contributed by atoms with Crippen LogP contribution in [0.3, 0.4) is 0 Å². The molecular weight excluding hydrogens is 432 g/mol. The van der Waals surface area contributed by atoms with Gasteiger partial charge in [-0.1, -0.05) is 27.7 Å². The Hall–Kier alpha value is -1.46. The molecule has 2 amide bonds. The molecule has 0 aliphatic rings. The second-order valence-corrected chi connectivity index (χ2v) is 9.79. The third kappa shape index (κ3) is 7.01. The van der Waals surface area contributed by atoms with E-state index in [1.807, 2.05) is 51.4 Å². The summed E-state index contributed by atoms with van der Waals surface area (Å²) in [5.74, 6) is -0.549. The molecule has 8 nitrogen and oxygen atoms in total. The van der Waals surface area contributed by atoms with Gasteiger partial charge in [0.05, 0.1) is 5.69 Å². The van der Waals surface area contributed by atoms with Gasteiger partial charge >= 0.3 is 35.6 Å². The van der Waals surface area contributed by atoms with E-state index in [9.17, 15) is 17.6 Å². The number of aryl methyl sites for hydroxylation is 1. The molecule has 2 aromatic rings. The number of nitrogens with one attached hydrogen (secondary N) is 2. The molecule has 1 aromatic carbocycles. The molecule has 1 aromatic heterocycles. The third-order valence-electron chi connectivity index (χ3n) is 4.58. The maximum atomic E-state index is 14.1. The fourth-order valence-corrected chi connectivity index (χ4v) is 4.02. The summed E-state index contributed by atoms with van der Waals surface area (Å²) in [6, 6.07) is 3.21. The summed E-state index contributed by atoms with van der Waals surface area (Å²) in [6.07, 6.45) is 0. The van der Waals surface area contributed by atoms with Gasteiger partial charge in [-0.2, -0.15) is 13.5 Å². The number of carbonyl (C=O) groups is 1. The number of hydrogen-bond acceptors (Lipinski definition) is 5. The summed E-state index contributed by atoms with van der Waals surface area (Å²) in [4.78, 5) is 14.4. The number of benzene rings is 1. The van der Waals surface area contributed by atoms with E-state index in [1.165, 1.54) is 22.9 Å². The first-order chi connectivity index (χ1) is 13.8. The molecule has 2 N–H and O–H groups in total. The van der Waals surface area contributed by atoms with Gasteiger partial charge in [-0.25, -0.2) is 13.9 Å². The summed E-state index contributed by atoms with van der Waals surface area (Å²) in [7, 11) is 1.17. The van der Waals surface area contributed by atoms with Crippen LogP contribution in [0.25, 0.3) is 0 Å². The Kier molecular flexibility index (Phi) is 9.71. The van der Waals surface area contributed by atoms with E-state index in [2.05, 4.69) is 10.4 Å². The van der Waals surface area contributed by atoms with Crippen LogP contribution in [0.4, 0.5) is 14.9 Å². The first-order valence-corrected chi connectivity index (χ1v) is 11.1. The monoisotopic (exact) mass is 463 g/mol. The van der Waals surface area contributed by atoms with Gasteiger partial charge in [0.15, 0.2) is 5.03 Å². The number of halogens is 1. The Bertz CT molecular complexity index is 1010. The average molecular weight is 464 g/mol. The van der Waals surface area contributed by atoms with Crippen LogP contribution < -0.4 is 10.0 Å². The van der Waals surface area contributed by atoms with Gasteiger partial charge in [-0.15, -0.1) is 0 Å². The van der Waals surface area contributed by atoms with E-state index in [4.69, 9.17) is 0 Å². The number of urea groups is 1. The van der Waals surface area contributed by atoms with Gasteiger partial charge in [0.25, 0.3) is 10.0 Å². The average Bonchev–Trinajstić information content (AvgIpc) is 2.96. The quantitative estimate of drug-likeness (QED) is 0.616. The molecular formula is C20H31FN5NaO3S. The van der Waals surface area contributed by atoms with Crippen molar-refractivity contribution in [2.24, 2.45) is 7.05 Å². The van der Waals surface area contributed by atoms with Crippen molar-refractivity contribution in [1.29, 1.82) is 0 Å². The maximum absolute atomic E-state index is 14.1. The van der Waals surface area contributed by atoms with Crippen molar-refractivity contribution in [2.45, 2.75) is 51.1 Å². The molecule has 168 valence electrons. The zero-order valence-corrected chi connectivity index (χ0v) is 19.3. The molecule has 0 spiro atoms. The van der Waals surface area contributed by atoms with Crippen molar-refractivity contribution in [1.82, 2.24) is 19.4 Å². The zero-order valence-electron chi connectivity index (χ0n) is 18.4. The predicted octanol–water partition coefficient (Wildman–Crippen LogP) is 2.73. The standard InChI is InChI=1S/C20H30FN5O3S.Na.H/c1-12(2)16-8-14(21)9-17(13(3)4)19(16)22-20(27)24-30(28,29)18-10-15(11-25(5)6)26(7)23-18;;/h8-10,12-13H,11H2,1-7H3,(H2,22,24,27);;. The summed E-state index contributed by atoms with van der Waals surface area (Å²) >= 11 is 0. The van der Waals surface area contributed by atoms with Crippen molar-refractivity contribution in [3.8, 4) is 0 Å². The van der Waals surface area contributed by atoms with Crippen LogP contribution in [0.5, 0.6) is 0 Å². The Morgan fingerprint density at radius 3 is 2.10 bits per heavy atom. The van der Waals surface area contributed by atoms with E-state index < -0.39 is 21.9 Å². The Balaban J connectivity index is 0.00000480. The molecule has 2 rings (SSSR count). The molecule has 0 aliphatic heterocycles. The second-order valence-electron chi connectivity index (χ2n) is 8.16. The van der Waals surface area contributed by atoms with Crippen molar-refractivity contribution in [3.05, 3.63) is 40.8 Å². The van der Waals surface area contributed by atoms with Gasteiger partial charge in [0.2, 0.25) is 0 Å². The normalized spacial score (nSPS) is 11.7. The Morgan fingerprint density at radius 1 is 1.13 bits per heavy atom. The topological polar surface area (TPSA) is 96.3 Å². The van der Waals surface area contributed by atoms with Crippen LogP contribution in [-0.4, -0.2) is 72.8 Å². The second kappa shape index (κ2) is 10.9. The summed E-state index contributed by atoms with van der Waals surface area (Å²) in [6.45, 7) is 7.99. The number of aromatic nitrogens is 2. The minimum absolute atomic E-state index is 0. The third-order valence-corrected chi connectivity index (χ3v) is 5.79. The van der Waals surface area contributed by atoms with E-state index in [0.717, 1.165) is 0 Å². The van der Waals surface area contributed by atoms with Crippen LogP contribution in [0.15, 0.2) is 23.2 Å². The summed E-state index contributed by atoms with van der Waals surface area (Å²) in [5, 5.41) is 6.37. The van der Waals surface area contributed by atoms with Crippen LogP contribution in [0.2, 0.25) is 0 Å². The number of sulfonamides is 1. The predicted molar refractivity (Wildman–Crippen MR) is 122 cm³/mol. The number of hydrogen-bond donors (Lipinski definition) is 2. The van der Waals surface area contributed by atoms with E-state index in [0.29, 0.717) is 29.1 Å². The van der Waals surface area contributed by atoms with Crippen molar-refractivity contribution in [3.63, 3.8) is 0 Å². The number of amides is 2. The molecule has 1 heterocycles. The SMILES string of the molecule is CC(C)c1cc(F)cc(C(C)C)c1NC(=O)NS(=O)(=O)c1cc(CN(C)C)n(C)n1.[NaH]. The van der Waals surface area contributed by atoms with Crippen LogP contribution >= 0.6 is 0 Å². The van der Waals surface area contributed by atoms with Gasteiger partial charge in [0.1, 0.15) is 5.82 Å². The first kappa shape index (κ1) is 27.6. The molecule has 0 saturated heterocycles. The zero-order chi connectivity index (χ0) is 22.8. The summed E-state index contributed by atoms with van der Waals surface area (Å²) in [5.41, 5.74) is 2.29. The Morgan fingerprint density at radius 2 is 1.65 bits per heavy atom. The van der Waals surface area contributed by atoms with Gasteiger partial charge in [-0.3, -0.25) is 4.68 Å². The van der Waals surface area contributed by atoms with Crippen LogP contribution in [-0.2, 0) is 23.6 Å². The molecule has 0 bridgehead atoms. The molecule has 11 heteroatoms. The molecule has 0 aliphatic carbocycles. The van der Waals surface area contributed by atoms with Crippen molar-refractivity contribution in [2.75, 3.05) is 19.4 Å².